The lowest BCUT2D eigenvalue weighted by atomic mass is 10.1. The number of carbonyl (C=O) groups is 1. The molecule has 1 rings (SSSR count). The van der Waals surface area contributed by atoms with E-state index >= 15 is 0 Å². The van der Waals surface area contributed by atoms with E-state index < -0.39 is 12.4 Å². The lowest BCUT2D eigenvalue weighted by Crippen LogP contribution is -2.03. The number of alkyl halides is 2. The number of halogens is 2. The molecule has 0 radical (unpaired) electrons. The van der Waals surface area contributed by atoms with Gasteiger partial charge in [0.15, 0.2) is 5.78 Å². The van der Waals surface area contributed by atoms with Crippen LogP contribution in [0.3, 0.4) is 0 Å². The molecule has 7 heteroatoms. The average molecular weight is 226 g/mol. The van der Waals surface area contributed by atoms with E-state index in [4.69, 9.17) is 5.53 Å². The summed E-state index contributed by atoms with van der Waals surface area (Å²) in [6.07, 6.45) is 0.795. The number of Topliss-reactive ketones (excluding diaryl/α,β-unsaturated/α-hetero) is 1. The van der Waals surface area contributed by atoms with Crippen LogP contribution in [0.15, 0.2) is 34.6 Å². The fourth-order valence-corrected chi connectivity index (χ4v) is 0.953. The number of benzene rings is 1. The van der Waals surface area contributed by atoms with E-state index in [9.17, 15) is 13.6 Å². The average Bonchev–Trinajstić information content (AvgIpc) is 2.26. The van der Waals surface area contributed by atoms with Crippen LogP contribution in [-0.2, 0) is 0 Å². The molecule has 84 valence electrons. The highest BCUT2D eigenvalue weighted by Gasteiger charge is 2.05. The lowest BCUT2D eigenvalue weighted by molar-refractivity contribution is -0.0498. The van der Waals surface area contributed by atoms with Gasteiger partial charge < -0.3 is 15.4 Å². The fourth-order valence-electron chi connectivity index (χ4n) is 0.953. The molecule has 0 heterocycles. The topological polar surface area (TPSA) is 73.3 Å². The molecule has 0 atom stereocenters. The third-order valence-electron chi connectivity index (χ3n) is 1.59. The summed E-state index contributed by atoms with van der Waals surface area (Å²) in [5.41, 5.74) is 8.19. The largest absolute Gasteiger partial charge is 0.435 e. The molecule has 0 unspecified atom stereocenters. The third kappa shape index (κ3) is 3.52. The van der Waals surface area contributed by atoms with E-state index in [1.165, 1.54) is 24.3 Å². The van der Waals surface area contributed by atoms with Crippen LogP contribution in [0, 0.1) is 0 Å². The van der Waals surface area contributed by atoms with Crippen molar-refractivity contribution < 1.29 is 18.3 Å². The van der Waals surface area contributed by atoms with Crippen LogP contribution >= 0.6 is 0 Å². The van der Waals surface area contributed by atoms with Crippen LogP contribution in [0.5, 0.6) is 5.75 Å². The Kier molecular flexibility index (Phi) is 4.19. The zero-order chi connectivity index (χ0) is 12.0. The van der Waals surface area contributed by atoms with E-state index in [0.29, 0.717) is 0 Å². The van der Waals surface area contributed by atoms with Crippen LogP contribution < -0.4 is 4.74 Å². The highest BCUT2D eigenvalue weighted by molar-refractivity contribution is 6.35. The van der Waals surface area contributed by atoms with E-state index in [0.717, 1.165) is 6.21 Å². The summed E-state index contributed by atoms with van der Waals surface area (Å²) in [6.45, 7) is -2.91. The van der Waals surface area contributed by atoms with E-state index in [1.54, 1.807) is 0 Å². The maximum atomic E-state index is 11.8. The maximum Gasteiger partial charge on any atom is 0.387 e. The van der Waals surface area contributed by atoms with Gasteiger partial charge in [-0.3, -0.25) is 10.0 Å². The molecule has 0 aliphatic carbocycles. The number of hydrogen-bond donors (Lipinski definition) is 0. The van der Waals surface area contributed by atoms with Gasteiger partial charge in [0, 0.05) is 5.56 Å². The van der Waals surface area contributed by atoms with Gasteiger partial charge >= 0.3 is 6.61 Å². The molecule has 0 fully saturated rings. The molecule has 1 aromatic carbocycles. The number of ketones is 1. The van der Waals surface area contributed by atoms with Gasteiger partial charge in [-0.15, -0.1) is 0 Å². The number of ether oxygens (including phenoxy) is 1. The van der Waals surface area contributed by atoms with Crippen LogP contribution in [0.1, 0.15) is 10.4 Å². The van der Waals surface area contributed by atoms with Crippen LogP contribution in [0.2, 0.25) is 0 Å². The zero-order valence-corrected chi connectivity index (χ0v) is 7.88. The van der Waals surface area contributed by atoms with Crippen LogP contribution in [0.25, 0.3) is 5.53 Å². The Balaban J connectivity index is 2.74. The number of nitrogens with zero attached hydrogens (tertiary/aromatic N) is 3. The van der Waals surface area contributed by atoms with Gasteiger partial charge in [0.1, 0.15) is 5.75 Å². The number of rotatable bonds is 5. The lowest BCUT2D eigenvalue weighted by Gasteiger charge is -2.04. The summed E-state index contributed by atoms with van der Waals surface area (Å²) in [5.74, 6) is -0.559. The summed E-state index contributed by atoms with van der Waals surface area (Å²) in [4.78, 5) is 11.2. The molecule has 0 saturated heterocycles. The quantitative estimate of drug-likeness (QED) is 0.335. The predicted octanol–water partition coefficient (Wildman–Crippen LogP) is 2.48. The molecular formula is C9H6F2N3O2-. The van der Waals surface area contributed by atoms with Crippen molar-refractivity contribution in [1.82, 2.24) is 0 Å². The zero-order valence-electron chi connectivity index (χ0n) is 7.88. The first-order valence-electron chi connectivity index (χ1n) is 4.10. The van der Waals surface area contributed by atoms with Crippen molar-refractivity contribution >= 4 is 12.0 Å². The Labute approximate surface area is 89.2 Å². The van der Waals surface area contributed by atoms with Gasteiger partial charge in [-0.2, -0.15) is 8.78 Å². The minimum Gasteiger partial charge on any atom is -0.435 e. The van der Waals surface area contributed by atoms with Gasteiger partial charge in [-0.1, -0.05) is 0 Å². The molecule has 0 aromatic heterocycles. The normalized spacial score (nSPS) is 10.7. The Morgan fingerprint density at radius 2 is 2.00 bits per heavy atom. The van der Waals surface area contributed by atoms with Crippen molar-refractivity contribution in [3.8, 4) is 5.75 Å². The predicted molar refractivity (Wildman–Crippen MR) is 51.7 cm³/mol. The highest BCUT2D eigenvalue weighted by Crippen LogP contribution is 2.14. The third-order valence-corrected chi connectivity index (χ3v) is 1.59. The molecule has 0 aliphatic heterocycles. The van der Waals surface area contributed by atoms with Crippen molar-refractivity contribution in [2.45, 2.75) is 6.61 Å². The monoisotopic (exact) mass is 226 g/mol. The second-order valence-electron chi connectivity index (χ2n) is 2.60. The molecule has 16 heavy (non-hydrogen) atoms. The smallest absolute Gasteiger partial charge is 0.387 e. The Hall–Kier alpha value is -2.18. The molecule has 0 saturated carbocycles. The Bertz CT molecular complexity index is 404. The molecular weight excluding hydrogens is 220 g/mol. The Morgan fingerprint density at radius 3 is 2.50 bits per heavy atom. The molecule has 0 spiro atoms. The first-order chi connectivity index (χ1) is 7.63. The summed E-state index contributed by atoms with van der Waals surface area (Å²) in [5, 5.41) is 5.36. The SMILES string of the molecule is [N-]=NN=CC(=O)c1ccc(OC(F)F)cc1. The van der Waals surface area contributed by atoms with Crippen molar-refractivity contribution in [3.05, 3.63) is 35.4 Å². The summed E-state index contributed by atoms with van der Waals surface area (Å²) < 4.78 is 27.7. The second kappa shape index (κ2) is 5.64. The van der Waals surface area contributed by atoms with E-state index in [1.807, 2.05) is 0 Å². The van der Waals surface area contributed by atoms with Crippen molar-refractivity contribution in [1.29, 1.82) is 0 Å². The van der Waals surface area contributed by atoms with Gasteiger partial charge in [0.05, 0.1) is 0 Å². The summed E-state index contributed by atoms with van der Waals surface area (Å²) >= 11 is 0. The first kappa shape index (κ1) is 11.9. The van der Waals surface area contributed by atoms with E-state index in [-0.39, 0.29) is 11.3 Å². The Morgan fingerprint density at radius 1 is 1.38 bits per heavy atom. The molecule has 1 aromatic rings. The molecule has 0 amide bonds. The number of hydrogen-bond acceptors (Lipinski definition) is 3. The van der Waals surface area contributed by atoms with Gasteiger partial charge in [0.2, 0.25) is 0 Å². The molecule has 0 bridgehead atoms. The van der Waals surface area contributed by atoms with Crippen LogP contribution in [0.4, 0.5) is 8.78 Å². The maximum absolute atomic E-state index is 11.8. The van der Waals surface area contributed by atoms with Crippen molar-refractivity contribution in [3.63, 3.8) is 0 Å². The number of carbonyl (C=O) groups excluding carboxylic acids is 1. The molecule has 5 nitrogen and oxygen atoms in total. The second-order valence-corrected chi connectivity index (χ2v) is 2.60. The fraction of sp³-hybridized carbons (Fsp3) is 0.111. The minimum atomic E-state index is -2.91. The van der Waals surface area contributed by atoms with Gasteiger partial charge in [-0.25, -0.2) is 0 Å². The van der Waals surface area contributed by atoms with E-state index in [2.05, 4.69) is 15.1 Å². The standard InChI is InChI=1S/C9H6F2N3O2/c10-9(11)16-7-3-1-6(2-4-7)8(15)5-13-14-12/h1-5,9H/q-1. The van der Waals surface area contributed by atoms with Gasteiger partial charge in [0.25, 0.3) is 0 Å². The summed E-state index contributed by atoms with van der Waals surface area (Å²) in [6, 6.07) is 5.04. The molecule has 0 N–H and O–H groups in total. The minimum absolute atomic E-state index is 0.0460. The summed E-state index contributed by atoms with van der Waals surface area (Å²) in [7, 11) is 0. The van der Waals surface area contributed by atoms with Gasteiger partial charge in [-0.05, 0) is 30.5 Å². The van der Waals surface area contributed by atoms with Crippen molar-refractivity contribution in [2.24, 2.45) is 10.3 Å². The molecule has 0 aliphatic rings. The first-order valence-corrected chi connectivity index (χ1v) is 4.10. The van der Waals surface area contributed by atoms with Crippen molar-refractivity contribution in [2.75, 3.05) is 0 Å². The highest BCUT2D eigenvalue weighted by atomic mass is 19.3. The van der Waals surface area contributed by atoms with Crippen LogP contribution in [-0.4, -0.2) is 18.6 Å².